The highest BCUT2D eigenvalue weighted by molar-refractivity contribution is 5.83. The quantitative estimate of drug-likeness (QED) is 0.718. The van der Waals surface area contributed by atoms with Crippen LogP contribution in [-0.2, 0) is 6.54 Å². The summed E-state index contributed by atoms with van der Waals surface area (Å²) in [7, 11) is 0. The average molecular weight is 280 g/mol. The molecule has 0 radical (unpaired) electrons. The largest absolute Gasteiger partial charge is 0.489 e. The molecule has 3 rings (SSSR count). The summed E-state index contributed by atoms with van der Waals surface area (Å²) in [5, 5.41) is 4.73. The highest BCUT2D eigenvalue weighted by Crippen LogP contribution is 2.26. The molecular weight excluding hydrogens is 260 g/mol. The Morgan fingerprint density at radius 2 is 1.90 bits per heavy atom. The standard InChI is InChI=1S/C18H20N2O/c1-13(2)21-18-9-4-3-7-17(18)20-12-14-6-5-8-16-15(14)10-11-19-16/h3-11,13,19-20H,12H2,1-2H3. The van der Waals surface area contributed by atoms with E-state index in [0.29, 0.717) is 0 Å². The minimum absolute atomic E-state index is 0.168. The summed E-state index contributed by atoms with van der Waals surface area (Å²) < 4.78 is 5.84. The summed E-state index contributed by atoms with van der Waals surface area (Å²) >= 11 is 0. The van der Waals surface area contributed by atoms with Gasteiger partial charge in [-0.1, -0.05) is 24.3 Å². The van der Waals surface area contributed by atoms with Crippen LogP contribution in [0.1, 0.15) is 19.4 Å². The Morgan fingerprint density at radius 1 is 1.05 bits per heavy atom. The van der Waals surface area contributed by atoms with Crippen LogP contribution in [0.15, 0.2) is 54.7 Å². The molecule has 0 aliphatic rings. The molecule has 0 unspecified atom stereocenters. The highest BCUT2D eigenvalue weighted by atomic mass is 16.5. The molecule has 2 aromatic carbocycles. The van der Waals surface area contributed by atoms with Crippen LogP contribution in [0.25, 0.3) is 10.9 Å². The fourth-order valence-electron chi connectivity index (χ4n) is 2.46. The predicted octanol–water partition coefficient (Wildman–Crippen LogP) is 4.57. The van der Waals surface area contributed by atoms with Crippen molar-refractivity contribution in [3.8, 4) is 5.75 Å². The first kappa shape index (κ1) is 13.6. The molecule has 1 heterocycles. The number of benzene rings is 2. The second kappa shape index (κ2) is 5.92. The van der Waals surface area contributed by atoms with Gasteiger partial charge < -0.3 is 15.0 Å². The fourth-order valence-corrected chi connectivity index (χ4v) is 2.46. The van der Waals surface area contributed by atoms with Gasteiger partial charge in [0.25, 0.3) is 0 Å². The first-order chi connectivity index (χ1) is 10.2. The number of rotatable bonds is 5. The molecule has 0 spiro atoms. The van der Waals surface area contributed by atoms with Gasteiger partial charge in [-0.05, 0) is 43.7 Å². The first-order valence-corrected chi connectivity index (χ1v) is 7.28. The van der Waals surface area contributed by atoms with Gasteiger partial charge in [0.2, 0.25) is 0 Å². The zero-order valence-electron chi connectivity index (χ0n) is 12.4. The molecule has 0 fully saturated rings. The van der Waals surface area contributed by atoms with Gasteiger partial charge in [-0.3, -0.25) is 0 Å². The number of hydrogen-bond acceptors (Lipinski definition) is 2. The van der Waals surface area contributed by atoms with Crippen molar-refractivity contribution in [3.63, 3.8) is 0 Å². The smallest absolute Gasteiger partial charge is 0.142 e. The second-order valence-corrected chi connectivity index (χ2v) is 5.37. The Kier molecular flexibility index (Phi) is 3.82. The molecule has 0 aliphatic carbocycles. The second-order valence-electron chi connectivity index (χ2n) is 5.37. The number of aromatic nitrogens is 1. The summed E-state index contributed by atoms with van der Waals surface area (Å²) in [5.74, 6) is 0.897. The lowest BCUT2D eigenvalue weighted by Crippen LogP contribution is -2.08. The number of nitrogens with one attached hydrogen (secondary N) is 2. The lowest BCUT2D eigenvalue weighted by Gasteiger charge is -2.15. The lowest BCUT2D eigenvalue weighted by atomic mass is 10.1. The van der Waals surface area contributed by atoms with Crippen LogP contribution in [0.5, 0.6) is 5.75 Å². The Hall–Kier alpha value is -2.42. The number of H-pyrrole nitrogens is 1. The minimum atomic E-state index is 0.168. The maximum atomic E-state index is 5.84. The summed E-state index contributed by atoms with van der Waals surface area (Å²) in [5.41, 5.74) is 3.47. The molecule has 3 nitrogen and oxygen atoms in total. The van der Waals surface area contributed by atoms with Gasteiger partial charge in [-0.15, -0.1) is 0 Å². The SMILES string of the molecule is CC(C)Oc1ccccc1NCc1cccc2[nH]ccc12. The Labute approximate surface area is 125 Å². The Bertz CT molecular complexity index is 731. The molecule has 108 valence electrons. The van der Waals surface area contributed by atoms with Gasteiger partial charge in [-0.25, -0.2) is 0 Å². The highest BCUT2D eigenvalue weighted by Gasteiger charge is 2.06. The van der Waals surface area contributed by atoms with E-state index in [9.17, 15) is 0 Å². The Morgan fingerprint density at radius 3 is 2.76 bits per heavy atom. The number of fused-ring (bicyclic) bond motifs is 1. The van der Waals surface area contributed by atoms with Gasteiger partial charge in [0, 0.05) is 23.6 Å². The van der Waals surface area contributed by atoms with Crippen molar-refractivity contribution in [1.82, 2.24) is 4.98 Å². The zero-order chi connectivity index (χ0) is 14.7. The molecule has 0 atom stereocenters. The van der Waals surface area contributed by atoms with E-state index in [0.717, 1.165) is 18.0 Å². The van der Waals surface area contributed by atoms with Crippen molar-refractivity contribution in [3.05, 3.63) is 60.3 Å². The minimum Gasteiger partial charge on any atom is -0.489 e. The van der Waals surface area contributed by atoms with Crippen LogP contribution in [0, 0.1) is 0 Å². The van der Waals surface area contributed by atoms with Crippen LogP contribution in [-0.4, -0.2) is 11.1 Å². The summed E-state index contributed by atoms with van der Waals surface area (Å²) in [4.78, 5) is 3.24. The van der Waals surface area contributed by atoms with Crippen LogP contribution in [0.2, 0.25) is 0 Å². The van der Waals surface area contributed by atoms with Crippen molar-refractivity contribution in [1.29, 1.82) is 0 Å². The third-order valence-corrected chi connectivity index (χ3v) is 3.40. The van der Waals surface area contributed by atoms with Crippen LogP contribution in [0.3, 0.4) is 0 Å². The van der Waals surface area contributed by atoms with Crippen molar-refractivity contribution in [2.24, 2.45) is 0 Å². The summed E-state index contributed by atoms with van der Waals surface area (Å²) in [6.07, 6.45) is 2.14. The Balaban J connectivity index is 1.80. The zero-order valence-corrected chi connectivity index (χ0v) is 12.4. The van der Waals surface area contributed by atoms with E-state index >= 15 is 0 Å². The molecule has 2 N–H and O–H groups in total. The van der Waals surface area contributed by atoms with Gasteiger partial charge >= 0.3 is 0 Å². The van der Waals surface area contributed by atoms with E-state index in [1.165, 1.54) is 16.5 Å². The fraction of sp³-hybridized carbons (Fsp3) is 0.222. The number of ether oxygens (including phenoxy) is 1. The van der Waals surface area contributed by atoms with E-state index in [4.69, 9.17) is 4.74 Å². The molecule has 0 bridgehead atoms. The monoisotopic (exact) mass is 280 g/mol. The van der Waals surface area contributed by atoms with Gasteiger partial charge in [-0.2, -0.15) is 0 Å². The molecule has 0 aliphatic heterocycles. The average Bonchev–Trinajstić information content (AvgIpc) is 2.95. The van der Waals surface area contributed by atoms with Crippen molar-refractivity contribution in [2.45, 2.75) is 26.5 Å². The molecule has 0 amide bonds. The molecule has 3 heteroatoms. The van der Waals surface area contributed by atoms with E-state index < -0.39 is 0 Å². The van der Waals surface area contributed by atoms with Gasteiger partial charge in [0.15, 0.2) is 0 Å². The van der Waals surface area contributed by atoms with Crippen LogP contribution in [0.4, 0.5) is 5.69 Å². The van der Waals surface area contributed by atoms with Crippen molar-refractivity contribution < 1.29 is 4.74 Å². The summed E-state index contributed by atoms with van der Waals surface area (Å²) in [6.45, 7) is 4.85. The topological polar surface area (TPSA) is 37.0 Å². The predicted molar refractivity (Wildman–Crippen MR) is 87.8 cm³/mol. The van der Waals surface area contributed by atoms with Crippen LogP contribution < -0.4 is 10.1 Å². The van der Waals surface area contributed by atoms with E-state index in [1.54, 1.807) is 0 Å². The molecule has 21 heavy (non-hydrogen) atoms. The van der Waals surface area contributed by atoms with Gasteiger partial charge in [0.05, 0.1) is 11.8 Å². The maximum Gasteiger partial charge on any atom is 0.142 e. The normalized spacial score (nSPS) is 11.0. The molecular formula is C18H20N2O. The van der Waals surface area contributed by atoms with Crippen molar-refractivity contribution >= 4 is 16.6 Å². The molecule has 3 aromatic rings. The molecule has 0 saturated heterocycles. The van der Waals surface area contributed by atoms with E-state index in [1.807, 2.05) is 38.2 Å². The summed E-state index contributed by atoms with van der Waals surface area (Å²) in [6, 6.07) is 16.5. The maximum absolute atomic E-state index is 5.84. The number of hydrogen-bond donors (Lipinski definition) is 2. The first-order valence-electron chi connectivity index (χ1n) is 7.28. The number of para-hydroxylation sites is 2. The van der Waals surface area contributed by atoms with E-state index in [-0.39, 0.29) is 6.10 Å². The molecule has 1 aromatic heterocycles. The molecule has 0 saturated carbocycles. The van der Waals surface area contributed by atoms with Gasteiger partial charge in [0.1, 0.15) is 5.75 Å². The third-order valence-electron chi connectivity index (χ3n) is 3.40. The van der Waals surface area contributed by atoms with E-state index in [2.05, 4.69) is 40.6 Å². The van der Waals surface area contributed by atoms with Crippen molar-refractivity contribution in [2.75, 3.05) is 5.32 Å². The number of aromatic amines is 1. The third kappa shape index (κ3) is 3.02. The lowest BCUT2D eigenvalue weighted by molar-refractivity contribution is 0.243. The van der Waals surface area contributed by atoms with Crippen LogP contribution >= 0.6 is 0 Å². The number of anilines is 1.